The van der Waals surface area contributed by atoms with E-state index in [0.29, 0.717) is 6.07 Å². The van der Waals surface area contributed by atoms with Crippen LogP contribution in [0.5, 0.6) is 11.6 Å². The fourth-order valence-corrected chi connectivity index (χ4v) is 4.44. The van der Waals surface area contributed by atoms with Crippen LogP contribution in [0.25, 0.3) is 11.3 Å². The van der Waals surface area contributed by atoms with E-state index in [9.17, 15) is 26.0 Å². The van der Waals surface area contributed by atoms with Gasteiger partial charge in [-0.05, 0) is 35.9 Å². The average Bonchev–Trinajstić information content (AvgIpc) is 2.86. The van der Waals surface area contributed by atoms with Crippen molar-refractivity contribution in [2.75, 3.05) is 10.5 Å². The summed E-state index contributed by atoms with van der Waals surface area (Å²) in [4.78, 5) is 11.7. The quantitative estimate of drug-likeness (QED) is 0.266. The SMILES string of the molecule is N#Cc1cc(F)ccc1CS(=O)(=O)Nc1c(F)cc(Oc2ncccc2-c2ccnc(N)n2)c(F)c1F. The molecule has 0 radical (unpaired) electrons. The van der Waals surface area contributed by atoms with Crippen LogP contribution in [0.2, 0.25) is 0 Å². The molecule has 2 aromatic heterocycles. The van der Waals surface area contributed by atoms with Crippen molar-refractivity contribution in [1.29, 1.82) is 5.26 Å². The third-order valence-electron chi connectivity index (χ3n) is 4.85. The average molecular weight is 530 g/mol. The molecule has 37 heavy (non-hydrogen) atoms. The summed E-state index contributed by atoms with van der Waals surface area (Å²) >= 11 is 0. The largest absolute Gasteiger partial charge is 0.435 e. The summed E-state index contributed by atoms with van der Waals surface area (Å²) in [7, 11) is -4.56. The van der Waals surface area contributed by atoms with E-state index in [4.69, 9.17) is 15.7 Å². The number of nitriles is 1. The molecule has 0 aliphatic rings. The molecule has 4 rings (SSSR count). The Labute approximate surface area is 207 Å². The maximum absolute atomic E-state index is 14.8. The molecular formula is C23H14F4N6O3S. The molecule has 4 aromatic rings. The lowest BCUT2D eigenvalue weighted by molar-refractivity contribution is 0.401. The van der Waals surface area contributed by atoms with Gasteiger partial charge in [0.05, 0.1) is 28.6 Å². The third-order valence-corrected chi connectivity index (χ3v) is 6.05. The number of benzene rings is 2. The maximum atomic E-state index is 14.8. The zero-order chi connectivity index (χ0) is 26.7. The lowest BCUT2D eigenvalue weighted by atomic mass is 10.1. The zero-order valence-corrected chi connectivity index (χ0v) is 19.2. The number of aromatic nitrogens is 3. The summed E-state index contributed by atoms with van der Waals surface area (Å²) in [5, 5.41) is 9.08. The number of halogens is 4. The van der Waals surface area contributed by atoms with Crippen LogP contribution in [-0.4, -0.2) is 23.4 Å². The fourth-order valence-electron chi connectivity index (χ4n) is 3.21. The van der Waals surface area contributed by atoms with Gasteiger partial charge in [-0.2, -0.15) is 9.65 Å². The van der Waals surface area contributed by atoms with E-state index in [1.54, 1.807) is 10.8 Å². The van der Waals surface area contributed by atoms with E-state index >= 15 is 0 Å². The first-order valence-electron chi connectivity index (χ1n) is 10.2. The third kappa shape index (κ3) is 5.57. The van der Waals surface area contributed by atoms with E-state index < -0.39 is 50.5 Å². The van der Waals surface area contributed by atoms with E-state index in [1.807, 2.05) is 0 Å². The molecule has 2 aromatic carbocycles. The first-order valence-corrected chi connectivity index (χ1v) is 11.8. The van der Waals surface area contributed by atoms with Crippen LogP contribution in [0.4, 0.5) is 29.2 Å². The lowest BCUT2D eigenvalue weighted by Crippen LogP contribution is -2.18. The van der Waals surface area contributed by atoms with Crippen molar-refractivity contribution >= 4 is 21.7 Å². The van der Waals surface area contributed by atoms with Crippen LogP contribution in [-0.2, 0) is 15.8 Å². The molecule has 0 unspecified atom stereocenters. The Morgan fingerprint density at radius 2 is 1.81 bits per heavy atom. The van der Waals surface area contributed by atoms with Crippen LogP contribution in [0, 0.1) is 34.6 Å². The monoisotopic (exact) mass is 530 g/mol. The first-order chi connectivity index (χ1) is 17.6. The molecule has 0 amide bonds. The molecule has 9 nitrogen and oxygen atoms in total. The van der Waals surface area contributed by atoms with E-state index in [2.05, 4.69) is 15.0 Å². The predicted molar refractivity (Wildman–Crippen MR) is 123 cm³/mol. The number of hydrogen-bond acceptors (Lipinski definition) is 8. The van der Waals surface area contributed by atoms with Crippen molar-refractivity contribution in [1.82, 2.24) is 15.0 Å². The topological polar surface area (TPSA) is 144 Å². The number of hydrogen-bond donors (Lipinski definition) is 2. The second kappa shape index (κ2) is 10.1. The second-order valence-corrected chi connectivity index (χ2v) is 9.11. The van der Waals surface area contributed by atoms with Gasteiger partial charge in [0.2, 0.25) is 27.7 Å². The van der Waals surface area contributed by atoms with Crippen molar-refractivity contribution in [3.8, 4) is 29.0 Å². The van der Waals surface area contributed by atoms with Crippen LogP contribution in [0.15, 0.2) is 54.9 Å². The zero-order valence-electron chi connectivity index (χ0n) is 18.4. The molecule has 0 aliphatic heterocycles. The smallest absolute Gasteiger partial charge is 0.237 e. The number of pyridine rings is 1. The highest BCUT2D eigenvalue weighted by molar-refractivity contribution is 7.91. The lowest BCUT2D eigenvalue weighted by Gasteiger charge is -2.14. The van der Waals surface area contributed by atoms with Gasteiger partial charge in [-0.15, -0.1) is 0 Å². The standard InChI is InChI=1S/C23H14F4N6O3S/c24-14-4-3-12(13(8-14)10-28)11-37(34,35)33-21-16(25)9-18(19(26)20(21)27)36-22-15(2-1-6-30-22)17-5-7-31-23(29)32-17/h1-9,33H,11H2,(H2,29,31,32). The molecule has 0 saturated carbocycles. The highest BCUT2D eigenvalue weighted by Gasteiger charge is 2.26. The van der Waals surface area contributed by atoms with Gasteiger partial charge in [0.1, 0.15) is 11.5 Å². The Morgan fingerprint density at radius 1 is 1.03 bits per heavy atom. The van der Waals surface area contributed by atoms with E-state index in [0.717, 1.165) is 18.2 Å². The molecule has 0 atom stereocenters. The van der Waals surface area contributed by atoms with Gasteiger partial charge in [0.25, 0.3) is 0 Å². The minimum absolute atomic E-state index is 0.0743. The number of anilines is 2. The van der Waals surface area contributed by atoms with Gasteiger partial charge in [0.15, 0.2) is 17.4 Å². The van der Waals surface area contributed by atoms with E-state index in [-0.39, 0.29) is 34.2 Å². The highest BCUT2D eigenvalue weighted by Crippen LogP contribution is 2.35. The van der Waals surface area contributed by atoms with Crippen LogP contribution in [0.3, 0.4) is 0 Å². The predicted octanol–water partition coefficient (Wildman–Crippen LogP) is 4.28. The van der Waals surface area contributed by atoms with E-state index in [1.165, 1.54) is 30.6 Å². The number of sulfonamides is 1. The number of rotatable bonds is 7. The van der Waals surface area contributed by atoms with Crippen LogP contribution in [0.1, 0.15) is 11.1 Å². The van der Waals surface area contributed by atoms with Crippen molar-refractivity contribution in [2.45, 2.75) is 5.75 Å². The Hall–Kier alpha value is -4.77. The molecule has 2 heterocycles. The minimum Gasteiger partial charge on any atom is -0.435 e. The summed E-state index contributed by atoms with van der Waals surface area (Å²) in [5.41, 5.74) is 4.27. The van der Waals surface area contributed by atoms with Crippen LogP contribution >= 0.6 is 0 Å². The number of nitrogens with two attached hydrogens (primary N) is 1. The van der Waals surface area contributed by atoms with Crippen molar-refractivity contribution in [2.24, 2.45) is 0 Å². The maximum Gasteiger partial charge on any atom is 0.237 e. The van der Waals surface area contributed by atoms with Gasteiger partial charge in [-0.3, -0.25) is 4.72 Å². The molecule has 0 bridgehead atoms. The summed E-state index contributed by atoms with van der Waals surface area (Å²) in [5.74, 6) is -8.08. The normalized spacial score (nSPS) is 11.1. The summed E-state index contributed by atoms with van der Waals surface area (Å²) in [6.45, 7) is 0. The minimum atomic E-state index is -4.56. The number of nitrogens with one attached hydrogen (secondary N) is 1. The second-order valence-electron chi connectivity index (χ2n) is 7.39. The van der Waals surface area contributed by atoms with Gasteiger partial charge >= 0.3 is 0 Å². The Balaban J connectivity index is 1.64. The van der Waals surface area contributed by atoms with Gasteiger partial charge in [0, 0.05) is 18.5 Å². The number of nitrogen functional groups attached to an aromatic ring is 1. The summed E-state index contributed by atoms with van der Waals surface area (Å²) in [6.07, 6.45) is 2.63. The Bertz CT molecular complexity index is 1660. The molecule has 188 valence electrons. The molecule has 0 spiro atoms. The molecule has 3 N–H and O–H groups in total. The van der Waals surface area contributed by atoms with Crippen LogP contribution < -0.4 is 15.2 Å². The Morgan fingerprint density at radius 3 is 2.54 bits per heavy atom. The molecule has 0 saturated heterocycles. The number of ether oxygens (including phenoxy) is 1. The first kappa shape index (κ1) is 25.3. The highest BCUT2D eigenvalue weighted by atomic mass is 32.2. The molecule has 14 heteroatoms. The van der Waals surface area contributed by atoms with Crippen molar-refractivity contribution in [3.05, 3.63) is 89.3 Å². The fraction of sp³-hybridized carbons (Fsp3) is 0.0435. The summed E-state index contributed by atoms with van der Waals surface area (Å²) in [6, 6.07) is 9.27. The molecule has 0 fully saturated rings. The Kier molecular flexibility index (Phi) is 6.89. The van der Waals surface area contributed by atoms with Gasteiger partial charge < -0.3 is 10.5 Å². The van der Waals surface area contributed by atoms with Crippen molar-refractivity contribution < 1.29 is 30.7 Å². The van der Waals surface area contributed by atoms with Gasteiger partial charge in [-0.1, -0.05) is 6.07 Å². The van der Waals surface area contributed by atoms with Gasteiger partial charge in [-0.25, -0.2) is 36.5 Å². The number of nitrogens with zero attached hydrogens (tertiary/aromatic N) is 4. The summed E-state index contributed by atoms with van der Waals surface area (Å²) < 4.78 is 89.6. The van der Waals surface area contributed by atoms with Crippen molar-refractivity contribution in [3.63, 3.8) is 0 Å². The molecular weight excluding hydrogens is 516 g/mol. The molecule has 0 aliphatic carbocycles.